The number of benzene rings is 3. The van der Waals surface area contributed by atoms with Crippen LogP contribution in [0.3, 0.4) is 0 Å². The molecule has 0 bridgehead atoms. The first-order valence-corrected chi connectivity index (χ1v) is 9.55. The molecule has 0 amide bonds. The molecule has 5 heteroatoms. The van der Waals surface area contributed by atoms with Crippen molar-refractivity contribution in [1.29, 1.82) is 0 Å². The molecular formula is C23H25N3O2. The molecule has 0 aliphatic carbocycles. The Morgan fingerprint density at radius 2 is 1.32 bits per heavy atom. The second-order valence-electron chi connectivity index (χ2n) is 6.88. The number of hydrazine groups is 1. The molecule has 3 aromatic rings. The van der Waals surface area contributed by atoms with Crippen LogP contribution in [0.4, 0.5) is 5.69 Å². The second kappa shape index (κ2) is 8.78. The van der Waals surface area contributed by atoms with Gasteiger partial charge in [0.1, 0.15) is 24.7 Å². The van der Waals surface area contributed by atoms with Crippen LogP contribution in [0.15, 0.2) is 78.9 Å². The summed E-state index contributed by atoms with van der Waals surface area (Å²) < 4.78 is 11.5. The van der Waals surface area contributed by atoms with Crippen molar-refractivity contribution in [2.75, 3.05) is 18.9 Å². The molecule has 2 atom stereocenters. The summed E-state index contributed by atoms with van der Waals surface area (Å²) in [7, 11) is 0. The zero-order chi connectivity index (χ0) is 19.2. The number of anilines is 1. The fraction of sp³-hybridized carbons (Fsp3) is 0.217. The van der Waals surface area contributed by atoms with Gasteiger partial charge in [-0.05, 0) is 53.9 Å². The highest BCUT2D eigenvalue weighted by atomic mass is 16.5. The molecule has 4 N–H and O–H groups in total. The highest BCUT2D eigenvalue weighted by Gasteiger charge is 2.26. The van der Waals surface area contributed by atoms with Gasteiger partial charge in [-0.15, -0.1) is 0 Å². The van der Waals surface area contributed by atoms with Crippen molar-refractivity contribution in [3.63, 3.8) is 0 Å². The van der Waals surface area contributed by atoms with Gasteiger partial charge >= 0.3 is 0 Å². The summed E-state index contributed by atoms with van der Waals surface area (Å²) >= 11 is 0. The summed E-state index contributed by atoms with van der Waals surface area (Å²) in [5.74, 6) is 1.71. The van der Waals surface area contributed by atoms with Crippen LogP contribution in [-0.4, -0.2) is 13.2 Å². The van der Waals surface area contributed by atoms with E-state index in [1.54, 1.807) is 0 Å². The summed E-state index contributed by atoms with van der Waals surface area (Å²) in [5.41, 5.74) is 15.8. The zero-order valence-electron chi connectivity index (χ0n) is 15.7. The third kappa shape index (κ3) is 4.63. The summed E-state index contributed by atoms with van der Waals surface area (Å²) in [4.78, 5) is 0. The number of hydrogen-bond donors (Lipinski definition) is 3. The third-order valence-corrected chi connectivity index (χ3v) is 4.84. The number of nitrogens with one attached hydrogen (secondary N) is 2. The van der Waals surface area contributed by atoms with Gasteiger partial charge in [-0.25, -0.2) is 10.9 Å². The maximum Gasteiger partial charge on any atom is 0.122 e. The van der Waals surface area contributed by atoms with Crippen LogP contribution in [0.5, 0.6) is 11.5 Å². The molecule has 2 unspecified atom stereocenters. The monoisotopic (exact) mass is 375 g/mol. The molecule has 5 nitrogen and oxygen atoms in total. The van der Waals surface area contributed by atoms with Gasteiger partial charge in [0.2, 0.25) is 0 Å². The van der Waals surface area contributed by atoms with Gasteiger partial charge in [0.25, 0.3) is 0 Å². The summed E-state index contributed by atoms with van der Waals surface area (Å²) in [6.07, 6.45) is 0.948. The number of hydrogen-bond acceptors (Lipinski definition) is 5. The molecule has 1 aliphatic heterocycles. The van der Waals surface area contributed by atoms with E-state index in [1.807, 2.05) is 60.7 Å². The van der Waals surface area contributed by atoms with Crippen LogP contribution in [0, 0.1) is 0 Å². The van der Waals surface area contributed by atoms with Crippen molar-refractivity contribution in [3.8, 4) is 11.5 Å². The Morgan fingerprint density at radius 3 is 2.04 bits per heavy atom. The molecule has 144 valence electrons. The zero-order valence-corrected chi connectivity index (χ0v) is 15.7. The van der Waals surface area contributed by atoms with E-state index in [0.717, 1.165) is 23.6 Å². The van der Waals surface area contributed by atoms with Gasteiger partial charge in [0.15, 0.2) is 0 Å². The molecule has 0 radical (unpaired) electrons. The number of rotatable bonds is 7. The van der Waals surface area contributed by atoms with Crippen LogP contribution >= 0.6 is 0 Å². The molecule has 1 fully saturated rings. The standard InChI is InChI=1S/C23H25N3O2/c24-19-8-4-6-17(14-19)22-16-23(26-25-22)18-7-5-11-21(15-18)28-13-12-27-20-9-2-1-3-10-20/h1-11,14-15,22-23,25-26H,12-13,16,24H2. The van der Waals surface area contributed by atoms with Gasteiger partial charge < -0.3 is 15.2 Å². The summed E-state index contributed by atoms with van der Waals surface area (Å²) in [5, 5.41) is 0. The smallest absolute Gasteiger partial charge is 0.122 e. The van der Waals surface area contributed by atoms with Crippen molar-refractivity contribution < 1.29 is 9.47 Å². The Hall–Kier alpha value is -3.02. The molecule has 1 saturated heterocycles. The topological polar surface area (TPSA) is 68.5 Å². The molecule has 28 heavy (non-hydrogen) atoms. The third-order valence-electron chi connectivity index (χ3n) is 4.84. The second-order valence-corrected chi connectivity index (χ2v) is 6.88. The molecule has 1 aliphatic rings. The van der Waals surface area contributed by atoms with E-state index in [1.165, 1.54) is 11.1 Å². The average molecular weight is 375 g/mol. The molecular weight excluding hydrogens is 350 g/mol. The molecule has 1 heterocycles. The van der Waals surface area contributed by atoms with Gasteiger partial charge in [0, 0.05) is 17.8 Å². The number of ether oxygens (including phenoxy) is 2. The lowest BCUT2D eigenvalue weighted by Gasteiger charge is -2.13. The van der Waals surface area contributed by atoms with E-state index in [-0.39, 0.29) is 12.1 Å². The SMILES string of the molecule is Nc1cccc(C2CC(c3cccc(OCCOc4ccccc4)c3)NN2)c1. The first-order chi connectivity index (χ1) is 13.8. The van der Waals surface area contributed by atoms with E-state index in [0.29, 0.717) is 13.2 Å². The molecule has 0 saturated carbocycles. The minimum absolute atomic E-state index is 0.218. The van der Waals surface area contributed by atoms with Gasteiger partial charge in [-0.1, -0.05) is 42.5 Å². The van der Waals surface area contributed by atoms with Gasteiger partial charge in [-0.2, -0.15) is 0 Å². The van der Waals surface area contributed by atoms with Crippen molar-refractivity contribution in [3.05, 3.63) is 90.0 Å². The maximum atomic E-state index is 5.91. The lowest BCUT2D eigenvalue weighted by atomic mass is 9.97. The maximum absolute atomic E-state index is 5.91. The summed E-state index contributed by atoms with van der Waals surface area (Å²) in [6, 6.07) is 26.5. The van der Waals surface area contributed by atoms with Crippen molar-refractivity contribution in [1.82, 2.24) is 10.9 Å². The molecule has 3 aromatic carbocycles. The number of nitrogens with two attached hydrogens (primary N) is 1. The largest absolute Gasteiger partial charge is 0.490 e. The lowest BCUT2D eigenvalue weighted by Crippen LogP contribution is -2.26. The predicted molar refractivity (Wildman–Crippen MR) is 111 cm³/mol. The lowest BCUT2D eigenvalue weighted by molar-refractivity contribution is 0.217. The summed E-state index contributed by atoms with van der Waals surface area (Å²) in [6.45, 7) is 1.01. The normalized spacial score (nSPS) is 18.7. The quantitative estimate of drug-likeness (QED) is 0.430. The van der Waals surface area contributed by atoms with Crippen molar-refractivity contribution >= 4 is 5.69 Å². The minimum Gasteiger partial charge on any atom is -0.490 e. The van der Waals surface area contributed by atoms with Crippen molar-refractivity contribution in [2.24, 2.45) is 0 Å². The van der Waals surface area contributed by atoms with E-state index in [9.17, 15) is 0 Å². The first-order valence-electron chi connectivity index (χ1n) is 9.55. The highest BCUT2D eigenvalue weighted by molar-refractivity contribution is 5.42. The Kier molecular flexibility index (Phi) is 5.75. The first kappa shape index (κ1) is 18.3. The van der Waals surface area contributed by atoms with Crippen LogP contribution in [0.25, 0.3) is 0 Å². The fourth-order valence-corrected chi connectivity index (χ4v) is 3.43. The molecule has 0 aromatic heterocycles. The van der Waals surface area contributed by atoms with Crippen LogP contribution < -0.4 is 26.1 Å². The van der Waals surface area contributed by atoms with Gasteiger partial charge in [0.05, 0.1) is 0 Å². The number of para-hydroxylation sites is 1. The van der Waals surface area contributed by atoms with E-state index < -0.39 is 0 Å². The van der Waals surface area contributed by atoms with E-state index >= 15 is 0 Å². The minimum atomic E-state index is 0.218. The Balaban J connectivity index is 1.31. The van der Waals surface area contributed by atoms with E-state index in [4.69, 9.17) is 15.2 Å². The molecule has 0 spiro atoms. The van der Waals surface area contributed by atoms with Crippen molar-refractivity contribution in [2.45, 2.75) is 18.5 Å². The van der Waals surface area contributed by atoms with Crippen LogP contribution in [0.2, 0.25) is 0 Å². The Labute approximate surface area is 165 Å². The van der Waals surface area contributed by atoms with Gasteiger partial charge in [-0.3, -0.25) is 0 Å². The Morgan fingerprint density at radius 1 is 0.714 bits per heavy atom. The predicted octanol–water partition coefficient (Wildman–Crippen LogP) is 4.01. The molecule has 4 rings (SSSR count). The van der Waals surface area contributed by atoms with Crippen LogP contribution in [-0.2, 0) is 0 Å². The fourth-order valence-electron chi connectivity index (χ4n) is 3.43. The van der Waals surface area contributed by atoms with Crippen LogP contribution in [0.1, 0.15) is 29.6 Å². The van der Waals surface area contributed by atoms with E-state index in [2.05, 4.69) is 29.1 Å². The average Bonchev–Trinajstić information content (AvgIpc) is 3.23. The highest BCUT2D eigenvalue weighted by Crippen LogP contribution is 2.32. The Bertz CT molecular complexity index is 901. The number of nitrogen functional groups attached to an aromatic ring is 1.